The average Bonchev–Trinajstić information content (AvgIpc) is 3.07. The van der Waals surface area contributed by atoms with E-state index in [1.165, 1.54) is 25.7 Å². The van der Waals surface area contributed by atoms with Gasteiger partial charge in [-0.15, -0.1) is 0 Å². The fourth-order valence-electron chi connectivity index (χ4n) is 8.37. The molecule has 0 saturated heterocycles. The van der Waals surface area contributed by atoms with Crippen LogP contribution in [0.25, 0.3) is 0 Å². The fraction of sp³-hybridized carbons (Fsp3) is 0.964. The predicted octanol–water partition coefficient (Wildman–Crippen LogP) is 4.45. The predicted molar refractivity (Wildman–Crippen MR) is 138 cm³/mol. The second-order valence-corrected chi connectivity index (χ2v) is 12.8. The highest BCUT2D eigenvalue weighted by molar-refractivity contribution is 5.63. The van der Waals surface area contributed by atoms with Crippen molar-refractivity contribution in [3.8, 4) is 0 Å². The largest absolute Gasteiger partial charge is 0.394 e. The van der Waals surface area contributed by atoms with E-state index in [0.29, 0.717) is 48.5 Å². The second kappa shape index (κ2) is 10.4. The van der Waals surface area contributed by atoms with Gasteiger partial charge in [0.15, 0.2) is 0 Å². The van der Waals surface area contributed by atoms with Gasteiger partial charge in [0.2, 0.25) is 0 Å². The number of likely N-dealkylation sites (N-methyl/N-ethyl adjacent to an activating group) is 1. The summed E-state index contributed by atoms with van der Waals surface area (Å²) in [7, 11) is 4.12. The molecule has 4 fully saturated rings. The molecule has 4 aliphatic rings. The highest BCUT2D eigenvalue weighted by Crippen LogP contribution is 2.68. The minimum Gasteiger partial charge on any atom is -0.394 e. The SMILES string of the molecule is CC(CO/N=C/[C@H]1CC[C@]2(O)[C@@H]3CC[C@@H]4C[C@@H](OCCCN)CC[C@]4(C)[C@H]3CC[C@]12C)N(C)C. The van der Waals surface area contributed by atoms with Crippen molar-refractivity contribution in [1.29, 1.82) is 0 Å². The van der Waals surface area contributed by atoms with Crippen molar-refractivity contribution in [2.24, 2.45) is 45.4 Å². The summed E-state index contributed by atoms with van der Waals surface area (Å²) in [4.78, 5) is 7.78. The zero-order chi connectivity index (χ0) is 24.6. The van der Waals surface area contributed by atoms with Crippen LogP contribution in [-0.4, -0.2) is 67.8 Å². The van der Waals surface area contributed by atoms with Gasteiger partial charge in [-0.25, -0.2) is 0 Å². The first kappa shape index (κ1) is 26.4. The number of ether oxygens (including phenoxy) is 1. The highest BCUT2D eigenvalue weighted by Gasteiger charge is 2.67. The lowest BCUT2D eigenvalue weighted by atomic mass is 9.43. The van der Waals surface area contributed by atoms with Crippen molar-refractivity contribution < 1.29 is 14.7 Å². The molecule has 6 nitrogen and oxygen atoms in total. The molecule has 1 unspecified atom stereocenters. The van der Waals surface area contributed by atoms with E-state index < -0.39 is 5.60 Å². The number of hydrogen-bond acceptors (Lipinski definition) is 6. The second-order valence-electron chi connectivity index (χ2n) is 12.8. The van der Waals surface area contributed by atoms with E-state index in [4.69, 9.17) is 15.3 Å². The summed E-state index contributed by atoms with van der Waals surface area (Å²) in [5, 5.41) is 16.7. The van der Waals surface area contributed by atoms with Crippen LogP contribution in [0.1, 0.15) is 85.0 Å². The van der Waals surface area contributed by atoms with Gasteiger partial charge in [-0.05, 0) is 115 Å². The lowest BCUT2D eigenvalue weighted by Gasteiger charge is -2.63. The molecule has 9 atom stereocenters. The van der Waals surface area contributed by atoms with E-state index in [-0.39, 0.29) is 5.41 Å². The van der Waals surface area contributed by atoms with Gasteiger partial charge in [-0.2, -0.15) is 0 Å². The van der Waals surface area contributed by atoms with Crippen LogP contribution >= 0.6 is 0 Å². The first-order valence-electron chi connectivity index (χ1n) is 14.0. The van der Waals surface area contributed by atoms with Gasteiger partial charge in [0.25, 0.3) is 0 Å². The maximum atomic E-state index is 12.3. The van der Waals surface area contributed by atoms with Crippen LogP contribution in [-0.2, 0) is 9.57 Å². The first-order valence-corrected chi connectivity index (χ1v) is 14.0. The zero-order valence-electron chi connectivity index (χ0n) is 22.5. The highest BCUT2D eigenvalue weighted by atomic mass is 16.6. The van der Waals surface area contributed by atoms with E-state index in [1.807, 2.05) is 6.21 Å². The molecule has 0 heterocycles. The molecular weight excluding hydrogens is 426 g/mol. The number of oxime groups is 1. The Labute approximate surface area is 208 Å². The quantitative estimate of drug-likeness (QED) is 0.291. The summed E-state index contributed by atoms with van der Waals surface area (Å²) in [5.41, 5.74) is 5.32. The molecule has 0 radical (unpaired) electrons. The molecule has 0 bridgehead atoms. The van der Waals surface area contributed by atoms with Crippen molar-refractivity contribution in [2.75, 3.05) is 33.9 Å². The Morgan fingerprint density at radius 1 is 1.09 bits per heavy atom. The van der Waals surface area contributed by atoms with Crippen LogP contribution in [0.3, 0.4) is 0 Å². The Bertz CT molecular complexity index is 717. The summed E-state index contributed by atoms with van der Waals surface area (Å²) in [6.45, 7) is 9.13. The van der Waals surface area contributed by atoms with Gasteiger partial charge in [-0.3, -0.25) is 0 Å². The number of hydrogen-bond donors (Lipinski definition) is 2. The van der Waals surface area contributed by atoms with Crippen LogP contribution in [0.2, 0.25) is 0 Å². The zero-order valence-corrected chi connectivity index (χ0v) is 22.5. The van der Waals surface area contributed by atoms with E-state index in [9.17, 15) is 5.11 Å². The Morgan fingerprint density at radius 2 is 1.88 bits per heavy atom. The smallest absolute Gasteiger partial charge is 0.132 e. The molecule has 34 heavy (non-hydrogen) atoms. The molecule has 4 rings (SSSR count). The van der Waals surface area contributed by atoms with Gasteiger partial charge < -0.3 is 25.3 Å². The maximum Gasteiger partial charge on any atom is 0.132 e. The number of nitrogens with zero attached hydrogens (tertiary/aromatic N) is 2. The summed E-state index contributed by atoms with van der Waals surface area (Å²) in [5.74, 6) is 2.06. The third-order valence-corrected chi connectivity index (χ3v) is 11.1. The van der Waals surface area contributed by atoms with Gasteiger partial charge in [-0.1, -0.05) is 19.0 Å². The Hall–Kier alpha value is -0.690. The third kappa shape index (κ3) is 4.57. The monoisotopic (exact) mass is 477 g/mol. The van der Waals surface area contributed by atoms with E-state index in [0.717, 1.165) is 51.0 Å². The van der Waals surface area contributed by atoms with Gasteiger partial charge >= 0.3 is 0 Å². The van der Waals surface area contributed by atoms with Crippen LogP contribution < -0.4 is 5.73 Å². The molecular formula is C28H51N3O3. The molecule has 4 saturated carbocycles. The van der Waals surface area contributed by atoms with Crippen molar-refractivity contribution >= 4 is 6.21 Å². The van der Waals surface area contributed by atoms with Gasteiger partial charge in [0.05, 0.1) is 11.7 Å². The van der Waals surface area contributed by atoms with Crippen LogP contribution in [0, 0.1) is 34.5 Å². The standard InChI is InChI=1S/C28H51N3O3/c1-20(31(4)5)19-34-30-18-22-9-14-28(32)25-8-7-21-17-23(33-16-6-15-29)10-12-26(21,2)24(25)11-13-27(22,28)3/h18,20-25,32H,6-17,19,29H2,1-5H3/b30-18+/t20?,21-,22-,23+,24+,25-,26+,27-,28+/m1/s1. The van der Waals surface area contributed by atoms with Crippen molar-refractivity contribution in [1.82, 2.24) is 4.90 Å². The minimum absolute atomic E-state index is 0.0973. The normalized spacial score (nSPS) is 45.1. The van der Waals surface area contributed by atoms with E-state index in [2.05, 4.69) is 44.9 Å². The summed E-state index contributed by atoms with van der Waals surface area (Å²) < 4.78 is 6.19. The Kier molecular flexibility index (Phi) is 8.03. The van der Waals surface area contributed by atoms with Crippen molar-refractivity contribution in [2.45, 2.75) is 103 Å². The molecule has 4 aliphatic carbocycles. The number of fused-ring (bicyclic) bond motifs is 5. The number of aliphatic hydroxyl groups is 1. The van der Waals surface area contributed by atoms with Gasteiger partial charge in [0, 0.05) is 30.2 Å². The lowest BCUT2D eigenvalue weighted by Crippen LogP contribution is -2.62. The molecule has 0 spiro atoms. The lowest BCUT2D eigenvalue weighted by molar-refractivity contribution is -0.207. The summed E-state index contributed by atoms with van der Waals surface area (Å²) >= 11 is 0. The summed E-state index contributed by atoms with van der Waals surface area (Å²) in [6.07, 6.45) is 13.6. The molecule has 0 aromatic rings. The number of nitrogens with two attached hydrogens (primary N) is 1. The van der Waals surface area contributed by atoms with Gasteiger partial charge in [0.1, 0.15) is 6.61 Å². The van der Waals surface area contributed by atoms with E-state index >= 15 is 0 Å². The maximum absolute atomic E-state index is 12.3. The average molecular weight is 478 g/mol. The minimum atomic E-state index is -0.577. The van der Waals surface area contributed by atoms with Crippen LogP contribution in [0.5, 0.6) is 0 Å². The molecule has 0 aromatic heterocycles. The Balaban J connectivity index is 1.41. The Morgan fingerprint density at radius 3 is 2.62 bits per heavy atom. The molecule has 0 amide bonds. The molecule has 3 N–H and O–H groups in total. The topological polar surface area (TPSA) is 80.3 Å². The molecule has 0 aromatic carbocycles. The molecule has 196 valence electrons. The number of rotatable bonds is 9. The summed E-state index contributed by atoms with van der Waals surface area (Å²) in [6, 6.07) is 0.334. The fourth-order valence-corrected chi connectivity index (χ4v) is 8.37. The third-order valence-electron chi connectivity index (χ3n) is 11.1. The molecule has 0 aliphatic heterocycles. The van der Waals surface area contributed by atoms with Crippen molar-refractivity contribution in [3.05, 3.63) is 0 Å². The van der Waals surface area contributed by atoms with E-state index in [1.54, 1.807) is 0 Å². The molecule has 6 heteroatoms. The first-order chi connectivity index (χ1) is 16.2. The van der Waals surface area contributed by atoms with Crippen LogP contribution in [0.15, 0.2) is 5.16 Å². The van der Waals surface area contributed by atoms with Crippen molar-refractivity contribution in [3.63, 3.8) is 0 Å². The van der Waals surface area contributed by atoms with Crippen LogP contribution in [0.4, 0.5) is 0 Å².